The molecule has 0 aromatic carbocycles. The highest BCUT2D eigenvalue weighted by Gasteiger charge is 2.09. The van der Waals surface area contributed by atoms with Crippen molar-refractivity contribution in [1.82, 2.24) is 0 Å². The second-order valence-corrected chi connectivity index (χ2v) is 3.29. The van der Waals surface area contributed by atoms with E-state index in [9.17, 15) is 4.79 Å². The highest BCUT2D eigenvalue weighted by atomic mass is 127. The van der Waals surface area contributed by atoms with Crippen molar-refractivity contribution in [2.24, 2.45) is 0 Å². The van der Waals surface area contributed by atoms with Crippen molar-refractivity contribution in [2.75, 3.05) is 0 Å². The Bertz CT molecular complexity index is 201. The van der Waals surface area contributed by atoms with E-state index in [0.717, 1.165) is 9.15 Å². The molecule has 0 amide bonds. The molecule has 2 heteroatoms. The van der Waals surface area contributed by atoms with Crippen molar-refractivity contribution in [1.29, 1.82) is 0 Å². The lowest BCUT2D eigenvalue weighted by molar-refractivity contribution is -0.114. The van der Waals surface area contributed by atoms with Crippen molar-refractivity contribution in [3.8, 4) is 0 Å². The Labute approximate surface area is 68.0 Å². The molecular formula is C7H7IO. The normalized spacial score (nSPS) is 19.1. The first kappa shape index (κ1) is 6.99. The van der Waals surface area contributed by atoms with Crippen LogP contribution in [0.2, 0.25) is 0 Å². The molecule has 1 aliphatic rings. The van der Waals surface area contributed by atoms with Gasteiger partial charge in [-0.25, -0.2) is 0 Å². The number of carbonyl (C=O) groups is 1. The lowest BCUT2D eigenvalue weighted by atomic mass is 10.1. The molecule has 0 fully saturated rings. The first-order valence-corrected chi connectivity index (χ1v) is 3.84. The van der Waals surface area contributed by atoms with Gasteiger partial charge < -0.3 is 0 Å². The van der Waals surface area contributed by atoms with Gasteiger partial charge in [-0.3, -0.25) is 4.79 Å². The number of Topliss-reactive ketones (excluding diaryl/α,β-unsaturated/α-hetero) is 1. The monoisotopic (exact) mass is 234 g/mol. The maximum absolute atomic E-state index is 10.9. The zero-order chi connectivity index (χ0) is 6.85. The van der Waals surface area contributed by atoms with E-state index in [4.69, 9.17) is 0 Å². The number of allylic oxidation sites excluding steroid dienone is 4. The minimum atomic E-state index is 0.246. The third-order valence-corrected chi connectivity index (χ3v) is 2.18. The number of carbonyl (C=O) groups excluding carboxylic acids is 1. The van der Waals surface area contributed by atoms with Crippen LogP contribution < -0.4 is 0 Å². The first-order chi connectivity index (χ1) is 4.20. The fourth-order valence-corrected chi connectivity index (χ4v) is 1.08. The summed E-state index contributed by atoms with van der Waals surface area (Å²) in [4.78, 5) is 10.9. The van der Waals surface area contributed by atoms with Crippen molar-refractivity contribution in [3.63, 3.8) is 0 Å². The van der Waals surface area contributed by atoms with Gasteiger partial charge in [-0.05, 0) is 35.6 Å². The van der Waals surface area contributed by atoms with E-state index >= 15 is 0 Å². The molecule has 0 bridgehead atoms. The van der Waals surface area contributed by atoms with Gasteiger partial charge in [0.15, 0.2) is 5.78 Å². The molecule has 0 aromatic heterocycles. The van der Waals surface area contributed by atoms with E-state index in [1.54, 1.807) is 0 Å². The molecule has 0 aromatic rings. The summed E-state index contributed by atoms with van der Waals surface area (Å²) in [6.07, 6.45) is 4.46. The van der Waals surface area contributed by atoms with E-state index in [2.05, 4.69) is 22.6 Å². The Morgan fingerprint density at radius 2 is 2.22 bits per heavy atom. The average Bonchev–Trinajstić information content (AvgIpc) is 1.80. The maximum atomic E-state index is 10.9. The zero-order valence-corrected chi connectivity index (χ0v) is 7.31. The standard InChI is InChI=1S/C7H7IO/c1-5-2-3-6(8)7(9)4-5/h2-3H,4H2,1H3. The molecule has 48 valence electrons. The number of hydrogen-bond acceptors (Lipinski definition) is 1. The number of hydrogen-bond donors (Lipinski definition) is 0. The quantitative estimate of drug-likeness (QED) is 0.587. The molecule has 0 atom stereocenters. The predicted molar refractivity (Wildman–Crippen MR) is 45.5 cm³/mol. The lowest BCUT2D eigenvalue weighted by Gasteiger charge is -2.03. The summed E-state index contributed by atoms with van der Waals surface area (Å²) < 4.78 is 0.846. The van der Waals surface area contributed by atoms with E-state index in [-0.39, 0.29) is 5.78 Å². The van der Waals surface area contributed by atoms with E-state index in [1.807, 2.05) is 19.1 Å². The van der Waals surface area contributed by atoms with Gasteiger partial charge in [-0.2, -0.15) is 0 Å². The molecule has 9 heavy (non-hydrogen) atoms. The highest BCUT2D eigenvalue weighted by Crippen LogP contribution is 2.18. The SMILES string of the molecule is CC1=CC=C(I)C(=O)C1. The number of ketones is 1. The van der Waals surface area contributed by atoms with Crippen LogP contribution in [0.4, 0.5) is 0 Å². The molecule has 1 rings (SSSR count). The van der Waals surface area contributed by atoms with Gasteiger partial charge in [-0.1, -0.05) is 11.6 Å². The van der Waals surface area contributed by atoms with Gasteiger partial charge in [0.2, 0.25) is 0 Å². The van der Waals surface area contributed by atoms with Crippen molar-refractivity contribution < 1.29 is 4.79 Å². The minimum Gasteiger partial charge on any atom is -0.293 e. The highest BCUT2D eigenvalue weighted by molar-refractivity contribution is 14.1. The summed E-state index contributed by atoms with van der Waals surface area (Å²) in [5.41, 5.74) is 1.15. The molecule has 1 nitrogen and oxygen atoms in total. The van der Waals surface area contributed by atoms with Crippen LogP contribution in [-0.4, -0.2) is 5.78 Å². The van der Waals surface area contributed by atoms with Crippen molar-refractivity contribution in [3.05, 3.63) is 21.3 Å². The van der Waals surface area contributed by atoms with E-state index in [1.165, 1.54) is 0 Å². The molecule has 0 aliphatic heterocycles. The Hall–Kier alpha value is -0.120. The van der Waals surface area contributed by atoms with Crippen LogP contribution >= 0.6 is 22.6 Å². The second-order valence-electron chi connectivity index (χ2n) is 2.13. The Morgan fingerprint density at radius 3 is 2.67 bits per heavy atom. The summed E-state index contributed by atoms with van der Waals surface area (Å²) in [5, 5.41) is 0. The molecule has 0 unspecified atom stereocenters. The molecule has 0 saturated heterocycles. The van der Waals surface area contributed by atoms with Crippen LogP contribution in [0.5, 0.6) is 0 Å². The maximum Gasteiger partial charge on any atom is 0.172 e. The fourth-order valence-electron chi connectivity index (χ4n) is 0.705. The van der Waals surface area contributed by atoms with Crippen LogP contribution in [-0.2, 0) is 4.79 Å². The Kier molecular flexibility index (Phi) is 2.05. The fraction of sp³-hybridized carbons (Fsp3) is 0.286. The van der Waals surface area contributed by atoms with Gasteiger partial charge in [0.25, 0.3) is 0 Å². The number of rotatable bonds is 0. The smallest absolute Gasteiger partial charge is 0.172 e. The van der Waals surface area contributed by atoms with Crippen LogP contribution in [0.3, 0.4) is 0 Å². The van der Waals surface area contributed by atoms with Crippen LogP contribution in [0, 0.1) is 0 Å². The minimum absolute atomic E-state index is 0.246. The molecule has 0 spiro atoms. The van der Waals surface area contributed by atoms with Gasteiger partial charge in [-0.15, -0.1) is 0 Å². The van der Waals surface area contributed by atoms with Gasteiger partial charge >= 0.3 is 0 Å². The van der Waals surface area contributed by atoms with Crippen molar-refractivity contribution in [2.45, 2.75) is 13.3 Å². The Morgan fingerprint density at radius 1 is 1.56 bits per heavy atom. The topological polar surface area (TPSA) is 17.1 Å². The lowest BCUT2D eigenvalue weighted by Crippen LogP contribution is -2.00. The molecule has 0 heterocycles. The van der Waals surface area contributed by atoms with Gasteiger partial charge in [0.1, 0.15) is 0 Å². The predicted octanol–water partition coefficient (Wildman–Crippen LogP) is 2.22. The summed E-state index contributed by atoms with van der Waals surface area (Å²) >= 11 is 2.06. The molecule has 1 aliphatic carbocycles. The van der Waals surface area contributed by atoms with E-state index in [0.29, 0.717) is 6.42 Å². The van der Waals surface area contributed by atoms with Gasteiger partial charge in [0, 0.05) is 6.42 Å². The third kappa shape index (κ3) is 1.64. The Balaban J connectivity index is 2.86. The third-order valence-electron chi connectivity index (χ3n) is 1.22. The van der Waals surface area contributed by atoms with Crippen LogP contribution in [0.25, 0.3) is 0 Å². The molecule has 0 N–H and O–H groups in total. The summed E-state index contributed by atoms with van der Waals surface area (Å²) in [6, 6.07) is 0. The van der Waals surface area contributed by atoms with E-state index < -0.39 is 0 Å². The largest absolute Gasteiger partial charge is 0.293 e. The molecular weight excluding hydrogens is 227 g/mol. The molecule has 0 saturated carbocycles. The summed E-state index contributed by atoms with van der Waals surface area (Å²) in [5.74, 6) is 0.246. The van der Waals surface area contributed by atoms with Crippen molar-refractivity contribution >= 4 is 28.4 Å². The summed E-state index contributed by atoms with van der Waals surface area (Å²) in [6.45, 7) is 1.97. The first-order valence-electron chi connectivity index (χ1n) is 2.76. The van der Waals surface area contributed by atoms with Crippen LogP contribution in [0.15, 0.2) is 21.3 Å². The number of halogens is 1. The van der Waals surface area contributed by atoms with Gasteiger partial charge in [0.05, 0.1) is 3.58 Å². The average molecular weight is 234 g/mol. The summed E-state index contributed by atoms with van der Waals surface area (Å²) in [7, 11) is 0. The second kappa shape index (κ2) is 2.64. The van der Waals surface area contributed by atoms with Crippen LogP contribution in [0.1, 0.15) is 13.3 Å². The molecule has 0 radical (unpaired) electrons. The zero-order valence-electron chi connectivity index (χ0n) is 5.15.